The number of nitrogens with zero attached hydrogens (tertiary/aromatic N) is 3. The first-order valence-corrected chi connectivity index (χ1v) is 8.91. The van der Waals surface area contributed by atoms with Crippen LogP contribution in [0.5, 0.6) is 5.75 Å². The zero-order valence-electron chi connectivity index (χ0n) is 14.9. The van der Waals surface area contributed by atoms with Crippen LogP contribution < -0.4 is 15.0 Å². The molecule has 2 saturated heterocycles. The molecule has 9 heteroatoms. The Balaban J connectivity index is 1.56. The smallest absolute Gasteiger partial charge is 0.327 e. The molecule has 3 aliphatic rings. The monoisotopic (exact) mass is 372 g/mol. The molecule has 1 aromatic carbocycles. The molecule has 27 heavy (non-hydrogen) atoms. The maximum atomic E-state index is 13.0. The van der Waals surface area contributed by atoms with E-state index in [1.165, 1.54) is 16.8 Å². The van der Waals surface area contributed by atoms with Gasteiger partial charge in [-0.2, -0.15) is 0 Å². The van der Waals surface area contributed by atoms with Crippen LogP contribution in [0, 0.1) is 0 Å². The quantitative estimate of drug-likeness (QED) is 0.751. The number of carbonyl (C=O) groups excluding carboxylic acids is 4. The van der Waals surface area contributed by atoms with Crippen LogP contribution in [0.3, 0.4) is 0 Å². The van der Waals surface area contributed by atoms with E-state index in [-0.39, 0.29) is 24.9 Å². The Morgan fingerprint density at radius 1 is 1.26 bits per heavy atom. The highest BCUT2D eigenvalue weighted by molar-refractivity contribution is 6.09. The molecule has 5 amide bonds. The van der Waals surface area contributed by atoms with Gasteiger partial charge in [-0.3, -0.25) is 19.3 Å². The van der Waals surface area contributed by atoms with Crippen LogP contribution in [0.1, 0.15) is 12.8 Å². The molecular formula is C18H20N4O5. The third-order valence-corrected chi connectivity index (χ3v) is 5.19. The van der Waals surface area contributed by atoms with Gasteiger partial charge in [-0.25, -0.2) is 4.79 Å². The average Bonchev–Trinajstić information content (AvgIpc) is 3.26. The summed E-state index contributed by atoms with van der Waals surface area (Å²) in [5.74, 6) is -0.695. The number of imide groups is 1. The molecule has 1 N–H and O–H groups in total. The van der Waals surface area contributed by atoms with Gasteiger partial charge >= 0.3 is 6.03 Å². The van der Waals surface area contributed by atoms with Gasteiger partial charge < -0.3 is 19.9 Å². The molecule has 0 saturated carbocycles. The van der Waals surface area contributed by atoms with Gasteiger partial charge in [0, 0.05) is 13.6 Å². The Bertz CT molecular complexity index is 804. The number of fused-ring (bicyclic) bond motifs is 2. The summed E-state index contributed by atoms with van der Waals surface area (Å²) < 4.78 is 5.68. The van der Waals surface area contributed by atoms with Crippen LogP contribution in [-0.4, -0.2) is 72.4 Å². The molecule has 3 aliphatic heterocycles. The molecule has 0 radical (unpaired) electrons. The van der Waals surface area contributed by atoms with Crippen molar-refractivity contribution in [2.24, 2.45) is 0 Å². The Hall–Kier alpha value is -3.10. The van der Waals surface area contributed by atoms with Gasteiger partial charge in [-0.05, 0) is 25.0 Å². The van der Waals surface area contributed by atoms with E-state index in [9.17, 15) is 19.2 Å². The van der Waals surface area contributed by atoms with Gasteiger partial charge in [-0.1, -0.05) is 12.1 Å². The Labute approximate surface area is 155 Å². The number of hydrogen-bond donors (Lipinski definition) is 1. The molecule has 0 aliphatic carbocycles. The normalized spacial score (nSPS) is 23.8. The van der Waals surface area contributed by atoms with Crippen molar-refractivity contribution in [1.29, 1.82) is 0 Å². The predicted octanol–water partition coefficient (Wildman–Crippen LogP) is -0.0468. The molecule has 0 bridgehead atoms. The summed E-state index contributed by atoms with van der Waals surface area (Å²) in [6.45, 7) is 0.206. The zero-order chi connectivity index (χ0) is 19.1. The molecule has 9 nitrogen and oxygen atoms in total. The number of likely N-dealkylation sites (N-methyl/N-ethyl adjacent to an activating group) is 1. The van der Waals surface area contributed by atoms with Gasteiger partial charge in [0.05, 0.1) is 12.2 Å². The second kappa shape index (κ2) is 6.57. The van der Waals surface area contributed by atoms with E-state index in [1.807, 2.05) is 0 Å². The first-order chi connectivity index (χ1) is 13.0. The number of hydrogen-bond acceptors (Lipinski definition) is 5. The molecule has 142 valence electrons. The first kappa shape index (κ1) is 17.3. The van der Waals surface area contributed by atoms with Crippen molar-refractivity contribution < 1.29 is 23.9 Å². The van der Waals surface area contributed by atoms with Crippen molar-refractivity contribution >= 4 is 29.4 Å². The molecular weight excluding hydrogens is 352 g/mol. The number of amides is 5. The van der Waals surface area contributed by atoms with E-state index in [0.717, 1.165) is 11.3 Å². The van der Waals surface area contributed by atoms with Gasteiger partial charge in [-0.15, -0.1) is 0 Å². The number of rotatable bonds is 3. The average molecular weight is 372 g/mol. The lowest BCUT2D eigenvalue weighted by Crippen LogP contribution is -2.52. The third-order valence-electron chi connectivity index (χ3n) is 5.19. The summed E-state index contributed by atoms with van der Waals surface area (Å²) in [4.78, 5) is 53.9. The molecule has 0 aromatic heterocycles. The van der Waals surface area contributed by atoms with Crippen molar-refractivity contribution in [3.8, 4) is 5.75 Å². The first-order valence-electron chi connectivity index (χ1n) is 8.91. The summed E-state index contributed by atoms with van der Waals surface area (Å²) in [6.07, 6.45) is 0.574. The van der Waals surface area contributed by atoms with E-state index in [2.05, 4.69) is 5.32 Å². The number of nitrogens with one attached hydrogen (secondary N) is 1. The largest absolute Gasteiger partial charge is 0.477 e. The van der Waals surface area contributed by atoms with Crippen LogP contribution in [0.25, 0.3) is 0 Å². The molecule has 2 atom stereocenters. The molecule has 4 rings (SSSR count). The number of benzene rings is 1. The molecule has 3 heterocycles. The molecule has 1 aromatic rings. The summed E-state index contributed by atoms with van der Waals surface area (Å²) in [7, 11) is 1.49. The predicted molar refractivity (Wildman–Crippen MR) is 94.1 cm³/mol. The van der Waals surface area contributed by atoms with Crippen molar-refractivity contribution in [2.75, 3.05) is 31.6 Å². The fraction of sp³-hybridized carbons (Fsp3) is 0.444. The SMILES string of the molecule is CNC(=O)[C@@H]1CN(C(=O)CN2C(=O)[C@H]3CCCN3C2=O)c2ccccc2O1. The maximum Gasteiger partial charge on any atom is 0.327 e. The number of urea groups is 1. The standard InChI is InChI=1S/C18H20N4O5/c1-19-16(24)14-9-21(11-5-2-3-7-13(11)27-14)15(23)10-22-17(25)12-6-4-8-20(12)18(22)26/h2-3,5,7,12,14H,4,6,8-10H2,1H3,(H,19,24)/t12-,14+/m1/s1. The van der Waals surface area contributed by atoms with Gasteiger partial charge in [0.2, 0.25) is 5.91 Å². The minimum Gasteiger partial charge on any atom is -0.477 e. The zero-order valence-corrected chi connectivity index (χ0v) is 14.9. The second-order valence-corrected chi connectivity index (χ2v) is 6.75. The summed E-state index contributed by atoms with van der Waals surface area (Å²) in [5.41, 5.74) is 0.516. The molecule has 0 spiro atoms. The summed E-state index contributed by atoms with van der Waals surface area (Å²) in [6, 6.07) is 6.02. The lowest BCUT2D eigenvalue weighted by Gasteiger charge is -2.34. The van der Waals surface area contributed by atoms with Crippen molar-refractivity contribution in [1.82, 2.24) is 15.1 Å². The third kappa shape index (κ3) is 2.79. The number of ether oxygens (including phenoxy) is 1. The summed E-state index contributed by atoms with van der Waals surface area (Å²) >= 11 is 0. The van der Waals surface area contributed by atoms with E-state index in [4.69, 9.17) is 4.74 Å². The van der Waals surface area contributed by atoms with Crippen LogP contribution in [0.2, 0.25) is 0 Å². The highest BCUT2D eigenvalue weighted by Gasteiger charge is 2.48. The fourth-order valence-corrected chi connectivity index (χ4v) is 3.82. The highest BCUT2D eigenvalue weighted by Crippen LogP contribution is 2.34. The van der Waals surface area contributed by atoms with Crippen LogP contribution >= 0.6 is 0 Å². The van der Waals surface area contributed by atoms with Crippen molar-refractivity contribution in [3.05, 3.63) is 24.3 Å². The van der Waals surface area contributed by atoms with E-state index >= 15 is 0 Å². The minimum absolute atomic E-state index is 0.0128. The number of para-hydroxylation sites is 2. The van der Waals surface area contributed by atoms with E-state index in [0.29, 0.717) is 24.4 Å². The van der Waals surface area contributed by atoms with Crippen LogP contribution in [0.15, 0.2) is 24.3 Å². The van der Waals surface area contributed by atoms with E-state index < -0.39 is 24.1 Å². The van der Waals surface area contributed by atoms with Crippen molar-refractivity contribution in [3.63, 3.8) is 0 Å². The minimum atomic E-state index is -0.859. The Kier molecular flexibility index (Phi) is 4.21. The lowest BCUT2D eigenvalue weighted by atomic mass is 10.1. The molecule has 0 unspecified atom stereocenters. The second-order valence-electron chi connectivity index (χ2n) is 6.75. The Morgan fingerprint density at radius 3 is 2.78 bits per heavy atom. The topological polar surface area (TPSA) is 99.3 Å². The van der Waals surface area contributed by atoms with Crippen LogP contribution in [0.4, 0.5) is 10.5 Å². The lowest BCUT2D eigenvalue weighted by molar-refractivity contribution is -0.132. The number of carbonyl (C=O) groups is 4. The Morgan fingerprint density at radius 2 is 2.04 bits per heavy atom. The number of anilines is 1. The fourth-order valence-electron chi connectivity index (χ4n) is 3.82. The van der Waals surface area contributed by atoms with Gasteiger partial charge in [0.1, 0.15) is 18.3 Å². The summed E-state index contributed by atoms with van der Waals surface area (Å²) in [5, 5.41) is 2.51. The van der Waals surface area contributed by atoms with E-state index in [1.54, 1.807) is 24.3 Å². The van der Waals surface area contributed by atoms with Gasteiger partial charge in [0.25, 0.3) is 11.8 Å². The maximum absolute atomic E-state index is 13.0. The van der Waals surface area contributed by atoms with Crippen molar-refractivity contribution in [2.45, 2.75) is 25.0 Å². The van der Waals surface area contributed by atoms with Crippen LogP contribution in [-0.2, 0) is 14.4 Å². The molecule has 2 fully saturated rings. The van der Waals surface area contributed by atoms with Gasteiger partial charge in [0.15, 0.2) is 6.10 Å². The highest BCUT2D eigenvalue weighted by atomic mass is 16.5.